The second-order valence-corrected chi connectivity index (χ2v) is 3.54. The van der Waals surface area contributed by atoms with Gasteiger partial charge < -0.3 is 0 Å². The molecule has 0 aromatic rings. The third kappa shape index (κ3) is 7.06. The van der Waals surface area contributed by atoms with Crippen molar-refractivity contribution in [3.63, 3.8) is 0 Å². The predicted octanol–water partition coefficient (Wildman–Crippen LogP) is 3.36. The molecule has 2 saturated carbocycles. The zero-order chi connectivity index (χ0) is 7.07. The Hall–Kier alpha value is 0.688. The van der Waals surface area contributed by atoms with Crippen LogP contribution in [0.1, 0.15) is 64.2 Å². The molecule has 68 valence electrons. The van der Waals surface area contributed by atoms with Crippen molar-refractivity contribution in [2.24, 2.45) is 0 Å². The van der Waals surface area contributed by atoms with Gasteiger partial charge in [-0.25, -0.2) is 0 Å². The standard InChI is InChI=1S/2C5H10.W.2H/c2*1-2-4-5-3-1;;;/h2*1-5H2;;;. The molecule has 2 aliphatic rings. The molecule has 11 heavy (non-hydrogen) atoms. The zero-order valence-electron chi connectivity index (χ0n) is 7.57. The molecule has 0 bridgehead atoms. The van der Waals surface area contributed by atoms with Crippen molar-refractivity contribution < 1.29 is 21.1 Å². The van der Waals surface area contributed by atoms with E-state index in [0.29, 0.717) is 0 Å². The molecule has 0 aromatic carbocycles. The van der Waals surface area contributed by atoms with Crippen molar-refractivity contribution in [3.8, 4) is 0 Å². The van der Waals surface area contributed by atoms with Crippen LogP contribution in [0.15, 0.2) is 0 Å². The summed E-state index contributed by atoms with van der Waals surface area (Å²) < 4.78 is 0. The second kappa shape index (κ2) is 8.78. The van der Waals surface area contributed by atoms with Gasteiger partial charge in [0.25, 0.3) is 0 Å². The number of hydrogen-bond acceptors (Lipinski definition) is 0. The van der Waals surface area contributed by atoms with Gasteiger partial charge in [-0.15, -0.1) is 0 Å². The Kier molecular flexibility index (Phi) is 9.33. The molecule has 0 saturated heterocycles. The summed E-state index contributed by atoms with van der Waals surface area (Å²) in [4.78, 5) is 0. The van der Waals surface area contributed by atoms with Gasteiger partial charge in [-0.3, -0.25) is 0 Å². The van der Waals surface area contributed by atoms with E-state index in [-0.39, 0.29) is 21.1 Å². The first-order chi connectivity index (χ1) is 5.00. The summed E-state index contributed by atoms with van der Waals surface area (Å²) in [5, 5.41) is 0. The van der Waals surface area contributed by atoms with Crippen LogP contribution in [0.5, 0.6) is 0 Å². The molecule has 0 unspecified atom stereocenters. The SMILES string of the molecule is C1CCCC1.C1CCCC1.[WH2]. The van der Waals surface area contributed by atoms with Crippen molar-refractivity contribution in [3.05, 3.63) is 0 Å². The summed E-state index contributed by atoms with van der Waals surface area (Å²) in [6, 6.07) is 0. The summed E-state index contributed by atoms with van der Waals surface area (Å²) in [5.74, 6) is 0. The number of hydrogen-bond donors (Lipinski definition) is 0. The first kappa shape index (κ1) is 11.7. The van der Waals surface area contributed by atoms with Gasteiger partial charge in [-0.2, -0.15) is 0 Å². The molecular weight excluding hydrogens is 304 g/mol. The maximum absolute atomic E-state index is 1.50. The van der Waals surface area contributed by atoms with Crippen LogP contribution in [0, 0.1) is 0 Å². The topological polar surface area (TPSA) is 0 Å². The van der Waals surface area contributed by atoms with Crippen LogP contribution >= 0.6 is 0 Å². The van der Waals surface area contributed by atoms with E-state index >= 15 is 0 Å². The average molecular weight is 326 g/mol. The van der Waals surface area contributed by atoms with Gasteiger partial charge in [-0.05, 0) is 0 Å². The van der Waals surface area contributed by atoms with Gasteiger partial charge in [0.05, 0.1) is 0 Å². The normalized spacial score (nSPS) is 21.8. The van der Waals surface area contributed by atoms with Gasteiger partial charge in [0, 0.05) is 0 Å². The third-order valence-corrected chi connectivity index (χ3v) is 2.50. The summed E-state index contributed by atoms with van der Waals surface area (Å²) >= 11 is 0. The zero-order valence-corrected chi connectivity index (χ0v) is 11.2. The summed E-state index contributed by atoms with van der Waals surface area (Å²) in [5.41, 5.74) is 0. The van der Waals surface area contributed by atoms with Crippen molar-refractivity contribution in [2.75, 3.05) is 0 Å². The molecule has 1 heteroatoms. The van der Waals surface area contributed by atoms with Crippen LogP contribution in [-0.2, 0) is 21.1 Å². The summed E-state index contributed by atoms with van der Waals surface area (Å²) in [6.45, 7) is 0. The predicted molar refractivity (Wildman–Crippen MR) is 49.0 cm³/mol. The molecule has 2 fully saturated rings. The van der Waals surface area contributed by atoms with Crippen molar-refractivity contribution >= 4 is 0 Å². The Morgan fingerprint density at radius 3 is 0.455 bits per heavy atom. The molecule has 0 heterocycles. The van der Waals surface area contributed by atoms with Crippen LogP contribution in [-0.4, -0.2) is 0 Å². The fraction of sp³-hybridized carbons (Fsp3) is 1.00. The van der Waals surface area contributed by atoms with Crippen LogP contribution in [0.2, 0.25) is 0 Å². The molecule has 0 amide bonds. The first-order valence-corrected chi connectivity index (χ1v) is 5.00. The average Bonchev–Trinajstić information content (AvgIpc) is 2.67. The molecule has 0 radical (unpaired) electrons. The van der Waals surface area contributed by atoms with Gasteiger partial charge in [0.1, 0.15) is 0 Å². The molecular formula is C10H22W. The van der Waals surface area contributed by atoms with E-state index in [0.717, 1.165) is 0 Å². The Balaban J connectivity index is 0.000000167. The first-order valence-electron chi connectivity index (χ1n) is 5.00. The molecule has 0 spiro atoms. The van der Waals surface area contributed by atoms with E-state index in [1.54, 1.807) is 0 Å². The van der Waals surface area contributed by atoms with E-state index in [1.165, 1.54) is 64.2 Å². The fourth-order valence-electron chi connectivity index (χ4n) is 1.77. The molecule has 0 nitrogen and oxygen atoms in total. The van der Waals surface area contributed by atoms with E-state index in [9.17, 15) is 0 Å². The van der Waals surface area contributed by atoms with Gasteiger partial charge in [0.15, 0.2) is 0 Å². The number of rotatable bonds is 0. The minimum absolute atomic E-state index is 0. The quantitative estimate of drug-likeness (QED) is 0.640. The minimum atomic E-state index is 0. The molecule has 2 rings (SSSR count). The van der Waals surface area contributed by atoms with Crippen LogP contribution in [0.4, 0.5) is 0 Å². The second-order valence-electron chi connectivity index (χ2n) is 3.54. The van der Waals surface area contributed by atoms with E-state index in [4.69, 9.17) is 0 Å². The van der Waals surface area contributed by atoms with E-state index in [2.05, 4.69) is 0 Å². The third-order valence-electron chi connectivity index (χ3n) is 2.50. The van der Waals surface area contributed by atoms with Crippen LogP contribution < -0.4 is 0 Å². The van der Waals surface area contributed by atoms with Crippen molar-refractivity contribution in [2.45, 2.75) is 64.2 Å². The van der Waals surface area contributed by atoms with Gasteiger partial charge in [-0.1, -0.05) is 64.2 Å². The molecule has 0 atom stereocenters. The Morgan fingerprint density at radius 1 is 0.273 bits per heavy atom. The Labute approximate surface area is 85.4 Å². The molecule has 0 aromatic heterocycles. The molecule has 0 aliphatic heterocycles. The summed E-state index contributed by atoms with van der Waals surface area (Å²) in [6.07, 6.45) is 15.0. The molecule has 2 aliphatic carbocycles. The van der Waals surface area contributed by atoms with Crippen molar-refractivity contribution in [1.82, 2.24) is 0 Å². The maximum atomic E-state index is 1.50. The van der Waals surface area contributed by atoms with Crippen molar-refractivity contribution in [1.29, 1.82) is 0 Å². The van der Waals surface area contributed by atoms with Crippen LogP contribution in [0.25, 0.3) is 0 Å². The van der Waals surface area contributed by atoms with Gasteiger partial charge in [0.2, 0.25) is 0 Å². The van der Waals surface area contributed by atoms with E-state index in [1.807, 2.05) is 0 Å². The fourth-order valence-corrected chi connectivity index (χ4v) is 1.77. The van der Waals surface area contributed by atoms with Crippen LogP contribution in [0.3, 0.4) is 0 Å². The monoisotopic (exact) mass is 326 g/mol. The molecule has 0 N–H and O–H groups in total. The Morgan fingerprint density at radius 2 is 0.364 bits per heavy atom. The summed E-state index contributed by atoms with van der Waals surface area (Å²) in [7, 11) is 0. The van der Waals surface area contributed by atoms with Gasteiger partial charge >= 0.3 is 21.1 Å². The Bertz CT molecular complexity index is 38.1. The van der Waals surface area contributed by atoms with E-state index < -0.39 is 0 Å².